The van der Waals surface area contributed by atoms with Gasteiger partial charge < -0.3 is 14.6 Å². The molecular formula is C17H20N2O3. The van der Waals surface area contributed by atoms with Crippen LogP contribution in [0.25, 0.3) is 0 Å². The number of rotatable bonds is 5. The van der Waals surface area contributed by atoms with Crippen molar-refractivity contribution in [2.75, 3.05) is 18.4 Å². The molecule has 5 nitrogen and oxygen atoms in total. The quantitative estimate of drug-likeness (QED) is 0.921. The maximum atomic E-state index is 12.3. The van der Waals surface area contributed by atoms with E-state index in [4.69, 9.17) is 4.42 Å². The number of hydrogen-bond donors (Lipinski definition) is 1. The summed E-state index contributed by atoms with van der Waals surface area (Å²) < 4.78 is 5.28. The van der Waals surface area contributed by atoms with E-state index in [0.717, 1.165) is 0 Å². The molecule has 116 valence electrons. The lowest BCUT2D eigenvalue weighted by Gasteiger charge is -2.18. The number of hydrogen-bond acceptors (Lipinski definition) is 3. The van der Waals surface area contributed by atoms with Crippen molar-refractivity contribution in [1.29, 1.82) is 0 Å². The molecule has 0 radical (unpaired) electrons. The first-order chi connectivity index (χ1) is 10.5. The number of benzene rings is 1. The lowest BCUT2D eigenvalue weighted by Crippen LogP contribution is -2.30. The summed E-state index contributed by atoms with van der Waals surface area (Å²) in [7, 11) is 0. The van der Waals surface area contributed by atoms with E-state index in [9.17, 15) is 9.59 Å². The summed E-state index contributed by atoms with van der Waals surface area (Å²) in [6.07, 6.45) is 0. The van der Waals surface area contributed by atoms with E-state index in [1.807, 2.05) is 13.8 Å². The molecule has 1 heterocycles. The van der Waals surface area contributed by atoms with Crippen LogP contribution in [0.1, 0.15) is 40.5 Å². The van der Waals surface area contributed by atoms with Crippen LogP contribution in [0, 0.1) is 6.92 Å². The van der Waals surface area contributed by atoms with Crippen LogP contribution >= 0.6 is 0 Å². The highest BCUT2D eigenvalue weighted by Crippen LogP contribution is 2.15. The van der Waals surface area contributed by atoms with Gasteiger partial charge in [-0.15, -0.1) is 0 Å². The molecule has 2 rings (SSSR count). The number of carbonyl (C=O) groups excluding carboxylic acids is 2. The van der Waals surface area contributed by atoms with Gasteiger partial charge in [0.15, 0.2) is 5.76 Å². The molecule has 0 aliphatic rings. The Hall–Kier alpha value is -2.56. The Morgan fingerprint density at radius 2 is 1.86 bits per heavy atom. The fourth-order valence-electron chi connectivity index (χ4n) is 2.17. The van der Waals surface area contributed by atoms with Gasteiger partial charge in [-0.3, -0.25) is 9.59 Å². The largest absolute Gasteiger partial charge is 0.456 e. The predicted octanol–water partition coefficient (Wildman–Crippen LogP) is 3.32. The third-order valence-corrected chi connectivity index (χ3v) is 3.38. The SMILES string of the molecule is CCN(CC)C(=O)c1cccc(NC(=O)c2ccc(C)o2)c1. The minimum Gasteiger partial charge on any atom is -0.456 e. The van der Waals surface area contributed by atoms with Gasteiger partial charge in [-0.1, -0.05) is 6.07 Å². The number of furan rings is 1. The lowest BCUT2D eigenvalue weighted by atomic mass is 10.1. The van der Waals surface area contributed by atoms with Gasteiger partial charge in [0.2, 0.25) is 0 Å². The molecule has 2 amide bonds. The minimum absolute atomic E-state index is 0.0463. The van der Waals surface area contributed by atoms with E-state index >= 15 is 0 Å². The molecule has 0 spiro atoms. The molecule has 0 atom stereocenters. The van der Waals surface area contributed by atoms with Gasteiger partial charge in [-0.05, 0) is 51.1 Å². The summed E-state index contributed by atoms with van der Waals surface area (Å²) in [5.74, 6) is 0.545. The van der Waals surface area contributed by atoms with E-state index in [1.54, 1.807) is 48.2 Å². The molecular weight excluding hydrogens is 280 g/mol. The smallest absolute Gasteiger partial charge is 0.291 e. The molecule has 2 aromatic rings. The third kappa shape index (κ3) is 3.55. The first-order valence-corrected chi connectivity index (χ1v) is 7.32. The van der Waals surface area contributed by atoms with Gasteiger partial charge in [-0.2, -0.15) is 0 Å². The van der Waals surface area contributed by atoms with E-state index in [0.29, 0.717) is 30.1 Å². The highest BCUT2D eigenvalue weighted by Gasteiger charge is 2.14. The molecule has 0 saturated carbocycles. The zero-order valence-electron chi connectivity index (χ0n) is 13.1. The Balaban J connectivity index is 2.15. The summed E-state index contributed by atoms with van der Waals surface area (Å²) in [5.41, 5.74) is 1.12. The van der Waals surface area contributed by atoms with Crippen LogP contribution in [-0.2, 0) is 0 Å². The molecule has 1 aromatic carbocycles. The van der Waals surface area contributed by atoms with Crippen LogP contribution in [0.5, 0.6) is 0 Å². The van der Waals surface area contributed by atoms with Crippen molar-refractivity contribution in [1.82, 2.24) is 4.90 Å². The molecule has 0 fully saturated rings. The van der Waals surface area contributed by atoms with Gasteiger partial charge in [-0.25, -0.2) is 0 Å². The minimum atomic E-state index is -0.333. The van der Waals surface area contributed by atoms with Gasteiger partial charge in [0.1, 0.15) is 5.76 Å². The molecule has 1 N–H and O–H groups in total. The molecule has 1 aromatic heterocycles. The summed E-state index contributed by atoms with van der Waals surface area (Å²) in [4.78, 5) is 26.1. The second-order valence-electron chi connectivity index (χ2n) is 4.92. The van der Waals surface area contributed by atoms with Crippen molar-refractivity contribution >= 4 is 17.5 Å². The van der Waals surface area contributed by atoms with E-state index < -0.39 is 0 Å². The van der Waals surface area contributed by atoms with E-state index in [-0.39, 0.29) is 17.6 Å². The Morgan fingerprint density at radius 3 is 2.45 bits per heavy atom. The second kappa shape index (κ2) is 6.93. The van der Waals surface area contributed by atoms with Crippen molar-refractivity contribution in [3.05, 3.63) is 53.5 Å². The maximum absolute atomic E-state index is 12.3. The Morgan fingerprint density at radius 1 is 1.14 bits per heavy atom. The Bertz CT molecular complexity index is 672. The zero-order chi connectivity index (χ0) is 16.1. The summed E-state index contributed by atoms with van der Waals surface area (Å²) >= 11 is 0. The van der Waals surface area contributed by atoms with Gasteiger partial charge in [0.05, 0.1) is 0 Å². The van der Waals surface area contributed by atoms with E-state index in [2.05, 4.69) is 5.32 Å². The van der Waals surface area contributed by atoms with Crippen molar-refractivity contribution in [3.8, 4) is 0 Å². The van der Waals surface area contributed by atoms with Crippen LogP contribution in [0.3, 0.4) is 0 Å². The van der Waals surface area contributed by atoms with Gasteiger partial charge in [0, 0.05) is 24.3 Å². The Kier molecular flexibility index (Phi) is 4.99. The lowest BCUT2D eigenvalue weighted by molar-refractivity contribution is 0.0772. The van der Waals surface area contributed by atoms with E-state index in [1.165, 1.54) is 0 Å². The normalized spacial score (nSPS) is 10.3. The number of amides is 2. The molecule has 0 aliphatic heterocycles. The van der Waals surface area contributed by atoms with Crippen LogP contribution < -0.4 is 5.32 Å². The summed E-state index contributed by atoms with van der Waals surface area (Å²) in [6.45, 7) is 6.95. The van der Waals surface area contributed by atoms with Crippen LogP contribution in [-0.4, -0.2) is 29.8 Å². The average Bonchev–Trinajstić information content (AvgIpc) is 2.95. The monoisotopic (exact) mass is 300 g/mol. The second-order valence-corrected chi connectivity index (χ2v) is 4.92. The van der Waals surface area contributed by atoms with Gasteiger partial charge >= 0.3 is 0 Å². The number of carbonyl (C=O) groups is 2. The fourth-order valence-corrected chi connectivity index (χ4v) is 2.17. The van der Waals surface area contributed by atoms with Crippen LogP contribution in [0.4, 0.5) is 5.69 Å². The molecule has 22 heavy (non-hydrogen) atoms. The van der Waals surface area contributed by atoms with Crippen LogP contribution in [0.15, 0.2) is 40.8 Å². The molecule has 0 unspecified atom stereocenters. The third-order valence-electron chi connectivity index (χ3n) is 3.38. The highest BCUT2D eigenvalue weighted by molar-refractivity contribution is 6.03. The Labute approximate surface area is 129 Å². The summed E-state index contributed by atoms with van der Waals surface area (Å²) in [6, 6.07) is 10.3. The van der Waals surface area contributed by atoms with Crippen molar-refractivity contribution < 1.29 is 14.0 Å². The summed E-state index contributed by atoms with van der Waals surface area (Å²) in [5, 5.41) is 2.74. The number of anilines is 1. The topological polar surface area (TPSA) is 62.6 Å². The number of nitrogens with zero attached hydrogens (tertiary/aromatic N) is 1. The van der Waals surface area contributed by atoms with Crippen molar-refractivity contribution in [3.63, 3.8) is 0 Å². The molecule has 0 aliphatic carbocycles. The fraction of sp³-hybridized carbons (Fsp3) is 0.294. The number of nitrogens with one attached hydrogen (secondary N) is 1. The predicted molar refractivity (Wildman–Crippen MR) is 85.1 cm³/mol. The number of aryl methyl sites for hydroxylation is 1. The average molecular weight is 300 g/mol. The molecule has 0 bridgehead atoms. The maximum Gasteiger partial charge on any atom is 0.291 e. The van der Waals surface area contributed by atoms with Crippen LogP contribution in [0.2, 0.25) is 0 Å². The van der Waals surface area contributed by atoms with Crippen molar-refractivity contribution in [2.45, 2.75) is 20.8 Å². The molecule has 0 saturated heterocycles. The zero-order valence-corrected chi connectivity index (χ0v) is 13.1. The molecule has 5 heteroatoms. The first kappa shape index (κ1) is 15.8. The first-order valence-electron chi connectivity index (χ1n) is 7.32. The standard InChI is InChI=1S/C17H20N2O3/c1-4-19(5-2)17(21)13-7-6-8-14(11-13)18-16(20)15-10-9-12(3)22-15/h6-11H,4-5H2,1-3H3,(H,18,20). The van der Waals surface area contributed by atoms with Gasteiger partial charge in [0.25, 0.3) is 11.8 Å². The highest BCUT2D eigenvalue weighted by atomic mass is 16.3. The van der Waals surface area contributed by atoms with Crippen molar-refractivity contribution in [2.24, 2.45) is 0 Å².